The predicted molar refractivity (Wildman–Crippen MR) is 98.1 cm³/mol. The summed E-state index contributed by atoms with van der Waals surface area (Å²) < 4.78 is 5.17. The summed E-state index contributed by atoms with van der Waals surface area (Å²) >= 11 is 0. The molecule has 0 bridgehead atoms. The maximum Gasteiger partial charge on any atom is 0.332 e. The van der Waals surface area contributed by atoms with Crippen LogP contribution in [0, 0.1) is 6.92 Å². The molecule has 2 aromatic carbocycles. The highest BCUT2D eigenvalue weighted by Crippen LogP contribution is 2.36. The zero-order valence-corrected chi connectivity index (χ0v) is 14.8. The third-order valence-corrected chi connectivity index (χ3v) is 4.33. The summed E-state index contributed by atoms with van der Waals surface area (Å²) in [5, 5.41) is 19.3. The van der Waals surface area contributed by atoms with Gasteiger partial charge < -0.3 is 14.9 Å². The number of ether oxygens (including phenoxy) is 1. The second kappa shape index (κ2) is 8.31. The van der Waals surface area contributed by atoms with E-state index in [2.05, 4.69) is 6.58 Å². The van der Waals surface area contributed by atoms with E-state index in [4.69, 9.17) is 4.74 Å². The highest BCUT2D eigenvalue weighted by molar-refractivity contribution is 6.02. The molecule has 2 aromatic rings. The molecule has 2 N–H and O–H groups in total. The zero-order chi connectivity index (χ0) is 20.0. The molecule has 0 saturated carbocycles. The normalized spacial score (nSPS) is 12.6. The summed E-state index contributed by atoms with van der Waals surface area (Å²) in [6, 6.07) is 15.2. The largest absolute Gasteiger partial charge is 0.480 e. The fraction of sp³-hybridized carbons (Fsp3) is 0.190. The minimum absolute atomic E-state index is 0.0389. The van der Waals surface area contributed by atoms with E-state index in [0.717, 1.165) is 11.1 Å². The molecule has 27 heavy (non-hydrogen) atoms. The number of carboxylic acids is 2. The Morgan fingerprint density at radius 2 is 1.59 bits per heavy atom. The fourth-order valence-corrected chi connectivity index (χ4v) is 2.74. The fourth-order valence-electron chi connectivity index (χ4n) is 2.74. The van der Waals surface area contributed by atoms with E-state index in [0.29, 0.717) is 0 Å². The van der Waals surface area contributed by atoms with Gasteiger partial charge in [0.05, 0.1) is 12.0 Å². The average molecular weight is 368 g/mol. The topological polar surface area (TPSA) is 101 Å². The highest BCUT2D eigenvalue weighted by atomic mass is 16.5. The smallest absolute Gasteiger partial charge is 0.332 e. The minimum Gasteiger partial charge on any atom is -0.480 e. The second-order valence-corrected chi connectivity index (χ2v) is 6.18. The van der Waals surface area contributed by atoms with Crippen LogP contribution in [0.1, 0.15) is 23.1 Å². The first-order valence-electron chi connectivity index (χ1n) is 8.20. The molecule has 0 saturated heterocycles. The SMILES string of the molecule is C=C(C(=O)O)C(CC(=O)OCc1ccccc1)(C(=O)O)c1ccc(C)cc1. The van der Waals surface area contributed by atoms with Crippen LogP contribution in [-0.2, 0) is 31.1 Å². The van der Waals surface area contributed by atoms with Gasteiger partial charge in [-0.15, -0.1) is 0 Å². The summed E-state index contributed by atoms with van der Waals surface area (Å²) in [6.45, 7) is 5.20. The van der Waals surface area contributed by atoms with Gasteiger partial charge in [0, 0.05) is 0 Å². The van der Waals surface area contributed by atoms with Crippen LogP contribution in [0.15, 0.2) is 66.7 Å². The van der Waals surface area contributed by atoms with Gasteiger partial charge in [-0.05, 0) is 18.1 Å². The predicted octanol–water partition coefficient (Wildman–Crippen LogP) is 3.09. The number of carbonyl (C=O) groups is 3. The van der Waals surface area contributed by atoms with Crippen molar-refractivity contribution in [3.05, 3.63) is 83.4 Å². The Morgan fingerprint density at radius 3 is 2.11 bits per heavy atom. The second-order valence-electron chi connectivity index (χ2n) is 6.18. The van der Waals surface area contributed by atoms with Crippen LogP contribution in [0.3, 0.4) is 0 Å². The Bertz CT molecular complexity index is 854. The van der Waals surface area contributed by atoms with E-state index in [1.54, 1.807) is 36.4 Å². The van der Waals surface area contributed by atoms with E-state index >= 15 is 0 Å². The molecule has 1 atom stereocenters. The minimum atomic E-state index is -2.12. The molecule has 0 amide bonds. The van der Waals surface area contributed by atoms with Gasteiger partial charge in [0.25, 0.3) is 0 Å². The molecule has 0 heterocycles. The van der Waals surface area contributed by atoms with Gasteiger partial charge in [-0.2, -0.15) is 0 Å². The van der Waals surface area contributed by atoms with Crippen molar-refractivity contribution >= 4 is 17.9 Å². The quantitative estimate of drug-likeness (QED) is 0.548. The molecule has 0 spiro atoms. The maximum atomic E-state index is 12.4. The lowest BCUT2D eigenvalue weighted by molar-refractivity contribution is -0.154. The molecule has 2 rings (SSSR count). The highest BCUT2D eigenvalue weighted by Gasteiger charge is 2.48. The van der Waals surface area contributed by atoms with Gasteiger partial charge in [-0.3, -0.25) is 9.59 Å². The number of carboxylic acid groups (broad SMARTS) is 2. The Labute approximate surface area is 156 Å². The summed E-state index contributed by atoms with van der Waals surface area (Å²) in [7, 11) is 0. The molecule has 0 radical (unpaired) electrons. The molecule has 0 aliphatic carbocycles. The van der Waals surface area contributed by atoms with Gasteiger partial charge in [-0.1, -0.05) is 66.7 Å². The summed E-state index contributed by atoms with van der Waals surface area (Å²) in [4.78, 5) is 36.1. The number of aryl methyl sites for hydroxylation is 1. The van der Waals surface area contributed by atoms with E-state index in [9.17, 15) is 24.6 Å². The number of hydrogen-bond donors (Lipinski definition) is 2. The number of rotatable bonds is 8. The van der Waals surface area contributed by atoms with Crippen molar-refractivity contribution in [1.29, 1.82) is 0 Å². The number of benzene rings is 2. The van der Waals surface area contributed by atoms with Gasteiger partial charge in [0.1, 0.15) is 12.0 Å². The zero-order valence-electron chi connectivity index (χ0n) is 14.8. The van der Waals surface area contributed by atoms with E-state index in [-0.39, 0.29) is 12.2 Å². The molecule has 1 unspecified atom stereocenters. The lowest BCUT2D eigenvalue weighted by atomic mass is 9.72. The molecule has 0 aliphatic rings. The Hall–Kier alpha value is -3.41. The first kappa shape index (κ1) is 19.9. The third kappa shape index (κ3) is 4.41. The molecule has 0 aromatic heterocycles. The van der Waals surface area contributed by atoms with Crippen LogP contribution < -0.4 is 0 Å². The summed E-state index contributed by atoms with van der Waals surface area (Å²) in [6.07, 6.45) is -0.677. The molecular formula is C21H20O6. The number of esters is 1. The average Bonchev–Trinajstić information content (AvgIpc) is 2.65. The number of aliphatic carboxylic acids is 2. The van der Waals surface area contributed by atoms with Crippen molar-refractivity contribution in [2.45, 2.75) is 25.4 Å². The lowest BCUT2D eigenvalue weighted by Crippen LogP contribution is -2.42. The van der Waals surface area contributed by atoms with Crippen molar-refractivity contribution in [2.24, 2.45) is 0 Å². The molecule has 6 nitrogen and oxygen atoms in total. The Morgan fingerprint density at radius 1 is 1.00 bits per heavy atom. The van der Waals surface area contributed by atoms with Crippen LogP contribution >= 0.6 is 0 Å². The lowest BCUT2D eigenvalue weighted by Gasteiger charge is -2.29. The first-order chi connectivity index (χ1) is 12.8. The first-order valence-corrected chi connectivity index (χ1v) is 8.20. The molecule has 0 aliphatic heterocycles. The Kier molecular flexibility index (Phi) is 6.13. The maximum absolute atomic E-state index is 12.4. The van der Waals surface area contributed by atoms with Crippen LogP contribution in [0.5, 0.6) is 0 Å². The monoisotopic (exact) mass is 368 g/mol. The Balaban J connectivity index is 2.35. The molecule has 6 heteroatoms. The van der Waals surface area contributed by atoms with Gasteiger partial charge >= 0.3 is 17.9 Å². The van der Waals surface area contributed by atoms with E-state index in [1.165, 1.54) is 12.1 Å². The van der Waals surface area contributed by atoms with E-state index < -0.39 is 35.3 Å². The van der Waals surface area contributed by atoms with Gasteiger partial charge in [-0.25, -0.2) is 4.79 Å². The van der Waals surface area contributed by atoms with Crippen molar-refractivity contribution in [3.63, 3.8) is 0 Å². The van der Waals surface area contributed by atoms with Crippen molar-refractivity contribution < 1.29 is 29.3 Å². The van der Waals surface area contributed by atoms with Gasteiger partial charge in [0.2, 0.25) is 0 Å². The van der Waals surface area contributed by atoms with Crippen molar-refractivity contribution in [1.82, 2.24) is 0 Å². The van der Waals surface area contributed by atoms with E-state index in [1.807, 2.05) is 13.0 Å². The van der Waals surface area contributed by atoms with Crippen LogP contribution in [-0.4, -0.2) is 28.1 Å². The molecular weight excluding hydrogens is 348 g/mol. The summed E-state index contributed by atoms with van der Waals surface area (Å²) in [5.74, 6) is -3.80. The molecule has 140 valence electrons. The third-order valence-electron chi connectivity index (χ3n) is 4.33. The number of hydrogen-bond acceptors (Lipinski definition) is 4. The summed E-state index contributed by atoms with van der Waals surface area (Å²) in [5.41, 5.74) is -0.960. The van der Waals surface area contributed by atoms with Crippen molar-refractivity contribution in [2.75, 3.05) is 0 Å². The van der Waals surface area contributed by atoms with Crippen LogP contribution in [0.2, 0.25) is 0 Å². The molecule has 0 fully saturated rings. The van der Waals surface area contributed by atoms with Crippen LogP contribution in [0.4, 0.5) is 0 Å². The number of carbonyl (C=O) groups excluding carboxylic acids is 1. The standard InChI is InChI=1S/C21H20O6/c1-14-8-10-17(11-9-14)21(20(25)26,15(2)19(23)24)12-18(22)27-13-16-6-4-3-5-7-16/h3-11H,2,12-13H2,1H3,(H,23,24)(H,25,26). The van der Waals surface area contributed by atoms with Gasteiger partial charge in [0.15, 0.2) is 0 Å². The van der Waals surface area contributed by atoms with Crippen molar-refractivity contribution in [3.8, 4) is 0 Å². The van der Waals surface area contributed by atoms with Crippen LogP contribution in [0.25, 0.3) is 0 Å².